The summed E-state index contributed by atoms with van der Waals surface area (Å²) in [6, 6.07) is 0. The van der Waals surface area contributed by atoms with Gasteiger partial charge in [-0.1, -0.05) is 26.8 Å². The van der Waals surface area contributed by atoms with Crippen molar-refractivity contribution in [2.45, 2.75) is 40.0 Å². The Bertz CT molecular complexity index is 152. The zero-order valence-corrected chi connectivity index (χ0v) is 8.64. The van der Waals surface area contributed by atoms with Gasteiger partial charge in [-0.25, -0.2) is 0 Å². The second-order valence-electron chi connectivity index (χ2n) is 3.95. The van der Waals surface area contributed by atoms with E-state index in [2.05, 4.69) is 31.7 Å². The highest BCUT2D eigenvalue weighted by Gasteiger charge is 2.13. The Morgan fingerprint density at radius 3 is 2.33 bits per heavy atom. The Balaban J connectivity index is 2.54. The second kappa shape index (κ2) is 4.54. The van der Waals surface area contributed by atoms with Crippen LogP contribution in [0.1, 0.15) is 40.0 Å². The number of nitrogens with zero attached hydrogens (tertiary/aromatic N) is 1. The van der Waals surface area contributed by atoms with Gasteiger partial charge in [0.05, 0.1) is 0 Å². The molecule has 1 nitrogen and oxygen atoms in total. The van der Waals surface area contributed by atoms with E-state index in [0.717, 1.165) is 0 Å². The maximum atomic E-state index is 2.54. The molecule has 12 heavy (non-hydrogen) atoms. The summed E-state index contributed by atoms with van der Waals surface area (Å²) < 4.78 is 0. The molecule has 0 aliphatic carbocycles. The lowest BCUT2D eigenvalue weighted by molar-refractivity contribution is 0.408. The fourth-order valence-corrected chi connectivity index (χ4v) is 1.84. The molecular formula is C11H21N. The number of likely N-dealkylation sites (tertiary alicyclic amines) is 1. The molecule has 0 amide bonds. The van der Waals surface area contributed by atoms with Crippen molar-refractivity contribution in [3.8, 4) is 0 Å². The van der Waals surface area contributed by atoms with Crippen LogP contribution in [0.3, 0.4) is 0 Å². The Labute approximate surface area is 76.5 Å². The van der Waals surface area contributed by atoms with E-state index in [1.54, 1.807) is 5.70 Å². The minimum atomic E-state index is 0.695. The van der Waals surface area contributed by atoms with Gasteiger partial charge in [0.25, 0.3) is 0 Å². The first kappa shape index (κ1) is 9.63. The summed E-state index contributed by atoms with van der Waals surface area (Å²) in [4.78, 5) is 2.54. The summed E-state index contributed by atoms with van der Waals surface area (Å²) in [7, 11) is 0. The van der Waals surface area contributed by atoms with Crippen LogP contribution in [0.15, 0.2) is 11.8 Å². The van der Waals surface area contributed by atoms with Crippen molar-refractivity contribution in [3.63, 3.8) is 0 Å². The van der Waals surface area contributed by atoms with Gasteiger partial charge in [0.1, 0.15) is 0 Å². The van der Waals surface area contributed by atoms with Crippen LogP contribution in [0.2, 0.25) is 0 Å². The van der Waals surface area contributed by atoms with Crippen molar-refractivity contribution < 1.29 is 0 Å². The van der Waals surface area contributed by atoms with Gasteiger partial charge >= 0.3 is 0 Å². The van der Waals surface area contributed by atoms with E-state index in [4.69, 9.17) is 0 Å². The molecule has 0 N–H and O–H groups in total. The lowest BCUT2D eigenvalue weighted by Crippen LogP contribution is -2.18. The first-order valence-corrected chi connectivity index (χ1v) is 5.19. The van der Waals surface area contributed by atoms with E-state index in [-0.39, 0.29) is 0 Å². The molecule has 1 aliphatic heterocycles. The summed E-state index contributed by atoms with van der Waals surface area (Å²) in [6.45, 7) is 9.34. The third-order valence-electron chi connectivity index (χ3n) is 2.40. The van der Waals surface area contributed by atoms with Crippen LogP contribution in [0.25, 0.3) is 0 Å². The molecule has 1 heterocycles. The van der Waals surface area contributed by atoms with Gasteiger partial charge in [-0.15, -0.1) is 0 Å². The summed E-state index contributed by atoms with van der Waals surface area (Å²) in [6.07, 6.45) is 6.37. The minimum absolute atomic E-state index is 0.695. The Morgan fingerprint density at radius 1 is 1.33 bits per heavy atom. The molecule has 0 bridgehead atoms. The van der Waals surface area contributed by atoms with E-state index >= 15 is 0 Å². The summed E-state index contributed by atoms with van der Waals surface area (Å²) in [5, 5.41) is 0. The first-order chi connectivity index (χ1) is 5.74. The zero-order chi connectivity index (χ0) is 8.97. The summed E-state index contributed by atoms with van der Waals surface area (Å²) in [5.41, 5.74) is 1.56. The van der Waals surface area contributed by atoms with Crippen LogP contribution in [-0.4, -0.2) is 18.0 Å². The highest BCUT2D eigenvalue weighted by Crippen LogP contribution is 2.18. The lowest BCUT2D eigenvalue weighted by atomic mass is 10.1. The van der Waals surface area contributed by atoms with E-state index < -0.39 is 0 Å². The van der Waals surface area contributed by atoms with Crippen molar-refractivity contribution in [1.82, 2.24) is 4.90 Å². The normalized spacial score (nSPS) is 19.3. The topological polar surface area (TPSA) is 3.24 Å². The monoisotopic (exact) mass is 167 g/mol. The number of allylic oxidation sites excluding steroid dienone is 2. The van der Waals surface area contributed by atoms with Crippen molar-refractivity contribution in [1.29, 1.82) is 0 Å². The molecule has 0 radical (unpaired) electrons. The van der Waals surface area contributed by atoms with Gasteiger partial charge in [-0.05, 0) is 25.2 Å². The van der Waals surface area contributed by atoms with E-state index in [1.165, 1.54) is 32.4 Å². The maximum Gasteiger partial charge on any atom is 0.0175 e. The Morgan fingerprint density at radius 2 is 1.92 bits per heavy atom. The SMILES string of the molecule is CCC(=CC(C)C)N1CCCC1. The maximum absolute atomic E-state index is 2.54. The summed E-state index contributed by atoms with van der Waals surface area (Å²) >= 11 is 0. The van der Waals surface area contributed by atoms with Gasteiger partial charge in [-0.3, -0.25) is 0 Å². The van der Waals surface area contributed by atoms with Crippen molar-refractivity contribution in [2.24, 2.45) is 5.92 Å². The van der Waals surface area contributed by atoms with Crippen LogP contribution in [-0.2, 0) is 0 Å². The summed E-state index contributed by atoms with van der Waals surface area (Å²) in [5.74, 6) is 0.695. The van der Waals surface area contributed by atoms with Gasteiger partial charge in [0.2, 0.25) is 0 Å². The highest BCUT2D eigenvalue weighted by atomic mass is 15.1. The van der Waals surface area contributed by atoms with Gasteiger partial charge < -0.3 is 4.90 Å². The lowest BCUT2D eigenvalue weighted by Gasteiger charge is -2.21. The molecule has 1 saturated heterocycles. The molecule has 1 heteroatoms. The highest BCUT2D eigenvalue weighted by molar-refractivity contribution is 5.03. The molecule has 0 aromatic carbocycles. The van der Waals surface area contributed by atoms with Crippen LogP contribution in [0, 0.1) is 5.92 Å². The molecule has 0 atom stereocenters. The average molecular weight is 167 g/mol. The van der Waals surface area contributed by atoms with Gasteiger partial charge in [0.15, 0.2) is 0 Å². The van der Waals surface area contributed by atoms with Gasteiger partial charge in [0, 0.05) is 18.8 Å². The third-order valence-corrected chi connectivity index (χ3v) is 2.40. The fraction of sp³-hybridized carbons (Fsp3) is 0.818. The number of hydrogen-bond donors (Lipinski definition) is 0. The van der Waals surface area contributed by atoms with E-state index in [9.17, 15) is 0 Å². The van der Waals surface area contributed by atoms with Gasteiger partial charge in [-0.2, -0.15) is 0 Å². The van der Waals surface area contributed by atoms with Crippen molar-refractivity contribution in [2.75, 3.05) is 13.1 Å². The smallest absolute Gasteiger partial charge is 0.0175 e. The Kier molecular flexibility index (Phi) is 3.64. The second-order valence-corrected chi connectivity index (χ2v) is 3.95. The molecule has 0 aromatic heterocycles. The molecule has 70 valence electrons. The molecule has 1 fully saturated rings. The fourth-order valence-electron chi connectivity index (χ4n) is 1.84. The average Bonchev–Trinajstić information content (AvgIpc) is 2.51. The molecular weight excluding hydrogens is 146 g/mol. The molecule has 1 rings (SSSR count). The van der Waals surface area contributed by atoms with Crippen LogP contribution in [0.4, 0.5) is 0 Å². The Hall–Kier alpha value is -0.460. The molecule has 0 unspecified atom stereocenters. The molecule has 0 aromatic rings. The van der Waals surface area contributed by atoms with Crippen LogP contribution >= 0.6 is 0 Å². The minimum Gasteiger partial charge on any atom is -0.375 e. The van der Waals surface area contributed by atoms with Crippen LogP contribution < -0.4 is 0 Å². The number of rotatable bonds is 3. The van der Waals surface area contributed by atoms with Crippen molar-refractivity contribution >= 4 is 0 Å². The third kappa shape index (κ3) is 2.54. The quantitative estimate of drug-likeness (QED) is 0.624. The zero-order valence-electron chi connectivity index (χ0n) is 8.64. The predicted octanol–water partition coefficient (Wildman–Crippen LogP) is 3.03. The van der Waals surface area contributed by atoms with Crippen LogP contribution in [0.5, 0.6) is 0 Å². The first-order valence-electron chi connectivity index (χ1n) is 5.19. The largest absolute Gasteiger partial charge is 0.375 e. The molecule has 0 saturated carbocycles. The molecule has 1 aliphatic rings. The predicted molar refractivity (Wildman–Crippen MR) is 54.0 cm³/mol. The molecule has 0 spiro atoms. The van der Waals surface area contributed by atoms with Crippen molar-refractivity contribution in [3.05, 3.63) is 11.8 Å². The standard InChI is InChI=1S/C11H21N/c1-4-11(9-10(2)3)12-7-5-6-8-12/h9-10H,4-8H2,1-3H3. The number of hydrogen-bond acceptors (Lipinski definition) is 1. The van der Waals surface area contributed by atoms with E-state index in [1.807, 2.05) is 0 Å². The van der Waals surface area contributed by atoms with E-state index in [0.29, 0.717) is 5.92 Å².